The molecule has 0 aliphatic rings. The Morgan fingerprint density at radius 3 is 2.69 bits per heavy atom. The van der Waals surface area contributed by atoms with Gasteiger partial charge in [0.1, 0.15) is 5.76 Å². The maximum atomic E-state index is 5.79. The fourth-order valence-corrected chi connectivity index (χ4v) is 1.63. The number of allylic oxidation sites excluding steroid dienone is 1. The highest BCUT2D eigenvalue weighted by molar-refractivity contribution is 5.62. The first-order valence-electron chi connectivity index (χ1n) is 5.94. The van der Waals surface area contributed by atoms with Crippen LogP contribution in [0.5, 0.6) is 0 Å². The molecule has 16 heavy (non-hydrogen) atoms. The molecule has 0 aromatic heterocycles. The van der Waals surface area contributed by atoms with Crippen LogP contribution in [0.3, 0.4) is 0 Å². The first-order chi connectivity index (χ1) is 7.79. The van der Waals surface area contributed by atoms with Gasteiger partial charge in [0.25, 0.3) is 0 Å². The monoisotopic (exact) mass is 217 g/mol. The van der Waals surface area contributed by atoms with Crippen molar-refractivity contribution in [2.75, 3.05) is 6.61 Å². The van der Waals surface area contributed by atoms with Crippen LogP contribution in [0.4, 0.5) is 0 Å². The molecule has 1 aromatic rings. The number of hydrogen-bond acceptors (Lipinski definition) is 1. The standard InChI is InChI=1S/C15H21O/c1-4-6-9-12-16-15(5-2)14-11-8-7-10-13(14)3/h5,7-8,10-11H,1,4,6,9,12H2,2-3H3. The summed E-state index contributed by atoms with van der Waals surface area (Å²) in [5.74, 6) is 0.988. The lowest BCUT2D eigenvalue weighted by molar-refractivity contribution is 0.268. The summed E-state index contributed by atoms with van der Waals surface area (Å²) >= 11 is 0. The van der Waals surface area contributed by atoms with Gasteiger partial charge in [0.2, 0.25) is 0 Å². The summed E-state index contributed by atoms with van der Waals surface area (Å²) in [5, 5.41) is 0. The van der Waals surface area contributed by atoms with E-state index in [1.165, 1.54) is 11.1 Å². The van der Waals surface area contributed by atoms with Crippen LogP contribution in [0.2, 0.25) is 0 Å². The minimum absolute atomic E-state index is 0.781. The van der Waals surface area contributed by atoms with Crippen molar-refractivity contribution in [1.29, 1.82) is 0 Å². The molecular formula is C15H21O. The summed E-state index contributed by atoms with van der Waals surface area (Å²) in [6.07, 6.45) is 5.23. The van der Waals surface area contributed by atoms with E-state index in [0.29, 0.717) is 0 Å². The summed E-state index contributed by atoms with van der Waals surface area (Å²) in [5.41, 5.74) is 2.45. The Balaban J connectivity index is 2.59. The molecule has 1 heteroatoms. The molecule has 0 spiro atoms. The van der Waals surface area contributed by atoms with Crippen LogP contribution in [0.1, 0.15) is 37.3 Å². The molecular weight excluding hydrogens is 196 g/mol. The zero-order valence-electron chi connectivity index (χ0n) is 10.3. The predicted octanol–water partition coefficient (Wildman–Crippen LogP) is 4.38. The Bertz CT molecular complexity index is 339. The molecule has 0 unspecified atom stereocenters. The zero-order chi connectivity index (χ0) is 11.8. The number of rotatable bonds is 6. The van der Waals surface area contributed by atoms with E-state index in [-0.39, 0.29) is 0 Å². The molecule has 0 amide bonds. The van der Waals surface area contributed by atoms with Gasteiger partial charge in [-0.2, -0.15) is 0 Å². The van der Waals surface area contributed by atoms with Gasteiger partial charge in [-0.3, -0.25) is 0 Å². The third kappa shape index (κ3) is 3.73. The highest BCUT2D eigenvalue weighted by atomic mass is 16.5. The van der Waals surface area contributed by atoms with E-state index < -0.39 is 0 Å². The summed E-state index contributed by atoms with van der Waals surface area (Å²) in [7, 11) is 0. The van der Waals surface area contributed by atoms with E-state index in [4.69, 9.17) is 4.74 Å². The largest absolute Gasteiger partial charge is 0.493 e. The summed E-state index contributed by atoms with van der Waals surface area (Å²) in [6.45, 7) is 8.73. The third-order valence-electron chi connectivity index (χ3n) is 2.57. The summed E-state index contributed by atoms with van der Waals surface area (Å²) in [6, 6.07) is 8.31. The van der Waals surface area contributed by atoms with E-state index in [0.717, 1.165) is 31.6 Å². The van der Waals surface area contributed by atoms with E-state index in [1.807, 2.05) is 19.1 Å². The molecule has 0 aliphatic heterocycles. The molecule has 0 atom stereocenters. The quantitative estimate of drug-likeness (QED) is 0.507. The maximum Gasteiger partial charge on any atom is 0.122 e. The van der Waals surface area contributed by atoms with Crippen molar-refractivity contribution >= 4 is 5.76 Å². The minimum Gasteiger partial charge on any atom is -0.493 e. The van der Waals surface area contributed by atoms with Crippen molar-refractivity contribution < 1.29 is 4.74 Å². The number of hydrogen-bond donors (Lipinski definition) is 0. The highest BCUT2D eigenvalue weighted by Crippen LogP contribution is 2.20. The second-order valence-electron chi connectivity index (χ2n) is 3.88. The number of benzene rings is 1. The van der Waals surface area contributed by atoms with Gasteiger partial charge in [0.15, 0.2) is 0 Å². The van der Waals surface area contributed by atoms with Gasteiger partial charge in [-0.25, -0.2) is 0 Å². The van der Waals surface area contributed by atoms with Gasteiger partial charge in [0, 0.05) is 5.56 Å². The van der Waals surface area contributed by atoms with Crippen LogP contribution in [0, 0.1) is 13.8 Å². The number of ether oxygens (including phenoxy) is 1. The fourth-order valence-electron chi connectivity index (χ4n) is 1.63. The van der Waals surface area contributed by atoms with E-state index in [9.17, 15) is 0 Å². The highest BCUT2D eigenvalue weighted by Gasteiger charge is 2.03. The SMILES string of the molecule is [CH2]CCCCOC(=CC)c1ccccc1C. The van der Waals surface area contributed by atoms with Crippen molar-refractivity contribution in [3.05, 3.63) is 48.4 Å². The Kier molecular flexibility index (Phi) is 5.69. The number of aryl methyl sites for hydroxylation is 1. The van der Waals surface area contributed by atoms with Crippen molar-refractivity contribution in [2.24, 2.45) is 0 Å². The van der Waals surface area contributed by atoms with Gasteiger partial charge < -0.3 is 4.74 Å². The first kappa shape index (κ1) is 12.8. The molecule has 1 aromatic carbocycles. The van der Waals surface area contributed by atoms with Crippen LogP contribution in [-0.2, 0) is 4.74 Å². The molecule has 1 rings (SSSR count). The lowest BCUT2D eigenvalue weighted by Crippen LogP contribution is -1.96. The van der Waals surface area contributed by atoms with Crippen molar-refractivity contribution in [1.82, 2.24) is 0 Å². The van der Waals surface area contributed by atoms with Crippen molar-refractivity contribution in [3.63, 3.8) is 0 Å². The van der Waals surface area contributed by atoms with Gasteiger partial charge >= 0.3 is 0 Å². The minimum atomic E-state index is 0.781. The third-order valence-corrected chi connectivity index (χ3v) is 2.57. The Morgan fingerprint density at radius 1 is 1.31 bits per heavy atom. The Morgan fingerprint density at radius 2 is 2.06 bits per heavy atom. The van der Waals surface area contributed by atoms with E-state index in [2.05, 4.69) is 32.0 Å². The molecule has 1 radical (unpaired) electrons. The van der Waals surface area contributed by atoms with Gasteiger partial charge in [0.05, 0.1) is 6.61 Å². The van der Waals surface area contributed by atoms with E-state index in [1.54, 1.807) is 0 Å². The normalized spacial score (nSPS) is 11.6. The van der Waals surface area contributed by atoms with E-state index >= 15 is 0 Å². The van der Waals surface area contributed by atoms with Gasteiger partial charge in [-0.05, 0) is 31.9 Å². The molecule has 0 saturated heterocycles. The molecule has 1 nitrogen and oxygen atoms in total. The Labute approximate surface area is 99.1 Å². The molecule has 0 N–H and O–H groups in total. The summed E-state index contributed by atoms with van der Waals surface area (Å²) in [4.78, 5) is 0. The molecule has 0 heterocycles. The maximum absolute atomic E-state index is 5.79. The molecule has 87 valence electrons. The van der Waals surface area contributed by atoms with Crippen LogP contribution < -0.4 is 0 Å². The Hall–Kier alpha value is -1.24. The van der Waals surface area contributed by atoms with Crippen molar-refractivity contribution in [3.8, 4) is 0 Å². The molecule has 0 aliphatic carbocycles. The van der Waals surface area contributed by atoms with Crippen LogP contribution in [0.25, 0.3) is 5.76 Å². The smallest absolute Gasteiger partial charge is 0.122 e. The second kappa shape index (κ2) is 7.10. The lowest BCUT2D eigenvalue weighted by Gasteiger charge is -2.12. The van der Waals surface area contributed by atoms with Gasteiger partial charge in [-0.15, -0.1) is 0 Å². The van der Waals surface area contributed by atoms with Gasteiger partial charge in [-0.1, -0.05) is 44.0 Å². The average Bonchev–Trinajstić information content (AvgIpc) is 2.31. The van der Waals surface area contributed by atoms with Crippen LogP contribution >= 0.6 is 0 Å². The van der Waals surface area contributed by atoms with Crippen molar-refractivity contribution in [2.45, 2.75) is 33.1 Å². The topological polar surface area (TPSA) is 9.23 Å². The molecule has 0 saturated carbocycles. The average molecular weight is 217 g/mol. The predicted molar refractivity (Wildman–Crippen MR) is 70.0 cm³/mol. The van der Waals surface area contributed by atoms with Crippen LogP contribution in [0.15, 0.2) is 30.3 Å². The first-order valence-corrected chi connectivity index (χ1v) is 5.94. The second-order valence-corrected chi connectivity index (χ2v) is 3.88. The number of unbranched alkanes of at least 4 members (excludes halogenated alkanes) is 2. The summed E-state index contributed by atoms with van der Waals surface area (Å²) < 4.78 is 5.79. The lowest BCUT2D eigenvalue weighted by atomic mass is 10.1. The van der Waals surface area contributed by atoms with Crippen LogP contribution in [-0.4, -0.2) is 6.61 Å². The zero-order valence-corrected chi connectivity index (χ0v) is 10.3. The molecule has 0 fully saturated rings. The molecule has 0 bridgehead atoms. The fraction of sp³-hybridized carbons (Fsp3) is 0.400.